The number of esters is 1. The Balaban J connectivity index is 1.63. The van der Waals surface area contributed by atoms with Crippen LogP contribution in [0.4, 0.5) is 19.1 Å². The van der Waals surface area contributed by atoms with Gasteiger partial charge in [-0.15, -0.1) is 10.2 Å². The topological polar surface area (TPSA) is 122 Å². The van der Waals surface area contributed by atoms with Gasteiger partial charge in [-0.3, -0.25) is 5.10 Å². The Bertz CT molecular complexity index is 1210. The Hall–Kier alpha value is -3.61. The minimum Gasteiger partial charge on any atom is -0.417 e. The number of H-pyrrole nitrogens is 1. The van der Waals surface area contributed by atoms with Crippen molar-refractivity contribution in [1.29, 1.82) is 0 Å². The molecular formula is C23H27F3N8O2. The van der Waals surface area contributed by atoms with Crippen molar-refractivity contribution in [1.82, 2.24) is 35.7 Å². The van der Waals surface area contributed by atoms with Crippen molar-refractivity contribution < 1.29 is 22.7 Å². The highest BCUT2D eigenvalue weighted by Crippen LogP contribution is 2.34. The summed E-state index contributed by atoms with van der Waals surface area (Å²) in [5.41, 5.74) is 0.719. The van der Waals surface area contributed by atoms with Crippen molar-refractivity contribution in [3.8, 4) is 28.3 Å². The molecule has 0 unspecified atom stereocenters. The molecule has 1 aliphatic heterocycles. The molecule has 0 radical (unpaired) electrons. The number of nitrogens with one attached hydrogen (secondary N) is 2. The summed E-state index contributed by atoms with van der Waals surface area (Å²) in [4.78, 5) is 22.1. The van der Waals surface area contributed by atoms with Crippen LogP contribution in [-0.2, 0) is 4.79 Å². The maximum Gasteiger partial charge on any atom is 0.491 e. The molecule has 0 saturated carbocycles. The fourth-order valence-corrected chi connectivity index (χ4v) is 4.68. The molecule has 0 aliphatic carbocycles. The van der Waals surface area contributed by atoms with E-state index in [0.717, 1.165) is 12.8 Å². The molecule has 0 atom stereocenters. The van der Waals surface area contributed by atoms with E-state index in [9.17, 15) is 18.0 Å². The molecule has 2 N–H and O–H groups in total. The highest BCUT2D eigenvalue weighted by Gasteiger charge is 2.42. The maximum atomic E-state index is 12.9. The fraction of sp³-hybridized carbons (Fsp3) is 0.478. The molecule has 3 aromatic rings. The molecule has 4 heterocycles. The van der Waals surface area contributed by atoms with Crippen molar-refractivity contribution >= 4 is 11.9 Å². The predicted octanol–water partition coefficient (Wildman–Crippen LogP) is 3.54. The van der Waals surface area contributed by atoms with E-state index in [2.05, 4.69) is 68.1 Å². The fourth-order valence-electron chi connectivity index (χ4n) is 4.68. The van der Waals surface area contributed by atoms with E-state index in [1.807, 2.05) is 11.9 Å². The first kappa shape index (κ1) is 25.5. The smallest absolute Gasteiger partial charge is 0.417 e. The Morgan fingerprint density at radius 1 is 1.06 bits per heavy atom. The second-order valence-corrected chi connectivity index (χ2v) is 10.2. The summed E-state index contributed by atoms with van der Waals surface area (Å²) in [5.74, 6) is -2.43. The number of hydrogen-bond acceptors (Lipinski definition) is 9. The third-order valence-corrected chi connectivity index (χ3v) is 5.94. The van der Waals surface area contributed by atoms with Gasteiger partial charge in [0.25, 0.3) is 0 Å². The lowest BCUT2D eigenvalue weighted by Crippen LogP contribution is -2.62. The number of carbonyl (C=O) groups is 1. The Morgan fingerprint density at radius 3 is 2.31 bits per heavy atom. The van der Waals surface area contributed by atoms with Gasteiger partial charge in [0.1, 0.15) is 11.4 Å². The lowest BCUT2D eigenvalue weighted by molar-refractivity contribution is -0.189. The predicted molar refractivity (Wildman–Crippen MR) is 125 cm³/mol. The lowest BCUT2D eigenvalue weighted by Gasteiger charge is -2.48. The first-order valence-corrected chi connectivity index (χ1v) is 11.2. The largest absolute Gasteiger partial charge is 0.491 e. The first-order chi connectivity index (χ1) is 16.7. The zero-order chi connectivity index (χ0) is 26.3. The quantitative estimate of drug-likeness (QED) is 0.503. The third-order valence-electron chi connectivity index (χ3n) is 5.94. The molecule has 0 amide bonds. The molecule has 1 fully saturated rings. The molecule has 192 valence electrons. The van der Waals surface area contributed by atoms with Gasteiger partial charge in [0.05, 0.1) is 12.4 Å². The van der Waals surface area contributed by atoms with Crippen LogP contribution in [0.15, 0.2) is 30.9 Å². The molecular weight excluding hydrogens is 477 g/mol. The number of pyridine rings is 1. The second-order valence-electron chi connectivity index (χ2n) is 10.2. The van der Waals surface area contributed by atoms with Crippen molar-refractivity contribution in [2.75, 3.05) is 11.9 Å². The van der Waals surface area contributed by atoms with Gasteiger partial charge in [0.2, 0.25) is 5.95 Å². The van der Waals surface area contributed by atoms with Gasteiger partial charge in [0.15, 0.2) is 5.75 Å². The maximum absolute atomic E-state index is 12.9. The van der Waals surface area contributed by atoms with E-state index in [-0.39, 0.29) is 28.5 Å². The van der Waals surface area contributed by atoms with Crippen LogP contribution in [-0.4, -0.2) is 66.7 Å². The van der Waals surface area contributed by atoms with Gasteiger partial charge in [-0.1, -0.05) is 0 Å². The standard InChI is InChI=1S/C23H27F3N8O2/c1-21(2)7-15(8-22(3,4)33-21)34(5)20-28-12-16(31-32-20)18-17(36-19(35)23(24,25)26)6-13(9-27-18)14-10-29-30-11-14/h6,9-12,15,33H,7-8H2,1-5H3,(H,29,30). The minimum atomic E-state index is -5.18. The summed E-state index contributed by atoms with van der Waals surface area (Å²) in [7, 11) is 1.88. The zero-order valence-corrected chi connectivity index (χ0v) is 20.5. The molecule has 1 aliphatic rings. The molecule has 36 heavy (non-hydrogen) atoms. The lowest BCUT2D eigenvalue weighted by atomic mass is 9.79. The summed E-state index contributed by atoms with van der Waals surface area (Å²) in [6.45, 7) is 8.55. The van der Waals surface area contributed by atoms with E-state index in [1.165, 1.54) is 30.9 Å². The number of alkyl halides is 3. The van der Waals surface area contributed by atoms with Crippen LogP contribution < -0.4 is 15.0 Å². The van der Waals surface area contributed by atoms with E-state index >= 15 is 0 Å². The summed E-state index contributed by atoms with van der Waals surface area (Å²) in [6, 6.07) is 1.40. The van der Waals surface area contributed by atoms with E-state index < -0.39 is 17.9 Å². The van der Waals surface area contributed by atoms with Crippen LogP contribution in [0.5, 0.6) is 5.75 Å². The van der Waals surface area contributed by atoms with Crippen LogP contribution in [0.3, 0.4) is 0 Å². The summed E-state index contributed by atoms with van der Waals surface area (Å²) in [5, 5.41) is 18.4. The van der Waals surface area contributed by atoms with Gasteiger partial charge in [-0.2, -0.15) is 18.3 Å². The summed E-state index contributed by atoms with van der Waals surface area (Å²) < 4.78 is 43.4. The number of aromatic nitrogens is 6. The molecule has 10 nitrogen and oxygen atoms in total. The van der Waals surface area contributed by atoms with Crippen molar-refractivity contribution in [2.45, 2.75) is 63.8 Å². The molecule has 4 rings (SSSR count). The number of halogens is 3. The Labute approximate surface area is 205 Å². The number of nitrogens with zero attached hydrogens (tertiary/aromatic N) is 6. The molecule has 13 heteroatoms. The number of rotatable bonds is 5. The molecule has 0 aromatic carbocycles. The highest BCUT2D eigenvalue weighted by atomic mass is 19.4. The van der Waals surface area contributed by atoms with Gasteiger partial charge in [-0.25, -0.2) is 14.8 Å². The second kappa shape index (κ2) is 9.12. The summed E-state index contributed by atoms with van der Waals surface area (Å²) >= 11 is 0. The first-order valence-electron chi connectivity index (χ1n) is 11.2. The van der Waals surface area contributed by atoms with E-state index in [0.29, 0.717) is 17.1 Å². The highest BCUT2D eigenvalue weighted by molar-refractivity contribution is 5.81. The van der Waals surface area contributed by atoms with Gasteiger partial charge in [0, 0.05) is 47.7 Å². The molecule has 3 aromatic heterocycles. The number of carbonyl (C=O) groups excluding carboxylic acids is 1. The number of hydrogen-bond donors (Lipinski definition) is 2. The van der Waals surface area contributed by atoms with Crippen molar-refractivity contribution in [3.05, 3.63) is 30.9 Å². The van der Waals surface area contributed by atoms with E-state index in [4.69, 9.17) is 0 Å². The molecule has 0 bridgehead atoms. The van der Waals surface area contributed by atoms with Crippen molar-refractivity contribution in [3.63, 3.8) is 0 Å². The Kier molecular flexibility index (Phi) is 6.45. The van der Waals surface area contributed by atoms with Crippen LogP contribution >= 0.6 is 0 Å². The SMILES string of the molecule is CN(c1ncc(-c2ncc(-c3cn[nH]c3)cc2OC(=O)C(F)(F)F)nn1)C1CC(C)(C)NC(C)(C)C1. The normalized spacial score (nSPS) is 17.6. The van der Waals surface area contributed by atoms with Crippen LogP contribution in [0, 0.1) is 0 Å². The Morgan fingerprint density at radius 2 is 1.75 bits per heavy atom. The van der Waals surface area contributed by atoms with Gasteiger partial charge < -0.3 is 15.0 Å². The number of aromatic amines is 1. The average Bonchev–Trinajstić information content (AvgIpc) is 3.31. The minimum absolute atomic E-state index is 0.0573. The number of anilines is 1. The van der Waals surface area contributed by atoms with Crippen molar-refractivity contribution in [2.24, 2.45) is 0 Å². The molecule has 0 spiro atoms. The third kappa shape index (κ3) is 5.61. The van der Waals surface area contributed by atoms with Crippen LogP contribution in [0.25, 0.3) is 22.5 Å². The summed E-state index contributed by atoms with van der Waals surface area (Å²) in [6.07, 6.45) is 2.27. The number of piperidine rings is 1. The van der Waals surface area contributed by atoms with Crippen LogP contribution in [0.2, 0.25) is 0 Å². The average molecular weight is 505 g/mol. The molecule has 1 saturated heterocycles. The monoisotopic (exact) mass is 504 g/mol. The zero-order valence-electron chi connectivity index (χ0n) is 20.5. The van der Waals surface area contributed by atoms with Gasteiger partial charge >= 0.3 is 12.1 Å². The van der Waals surface area contributed by atoms with E-state index in [1.54, 1.807) is 0 Å². The van der Waals surface area contributed by atoms with Gasteiger partial charge in [-0.05, 0) is 46.6 Å². The van der Waals surface area contributed by atoms with Crippen LogP contribution in [0.1, 0.15) is 40.5 Å². The number of ether oxygens (including phenoxy) is 1.